The van der Waals surface area contributed by atoms with Gasteiger partial charge in [0.2, 0.25) is 0 Å². The van der Waals surface area contributed by atoms with Gasteiger partial charge in [-0.2, -0.15) is 0 Å². The van der Waals surface area contributed by atoms with Crippen LogP contribution in [0, 0.1) is 0 Å². The van der Waals surface area contributed by atoms with Crippen molar-refractivity contribution >= 4 is 17.4 Å². The molecular weight excluding hydrogens is 272 g/mol. The number of aromatic nitrogens is 1. The maximum absolute atomic E-state index is 5.84. The third kappa shape index (κ3) is 4.83. The molecule has 0 fully saturated rings. The first-order valence-corrected chi connectivity index (χ1v) is 7.17. The lowest BCUT2D eigenvalue weighted by Gasteiger charge is -2.07. The Balaban J connectivity index is 1.82. The van der Waals surface area contributed by atoms with Crippen LogP contribution < -0.4 is 5.32 Å². The zero-order chi connectivity index (χ0) is 14.2. The maximum Gasteiger partial charge on any atom is 0.126 e. The van der Waals surface area contributed by atoms with E-state index in [9.17, 15) is 0 Å². The normalized spacial score (nSPS) is 10.5. The number of nitrogens with zero attached hydrogens (tertiary/aromatic N) is 1. The molecule has 0 bridgehead atoms. The van der Waals surface area contributed by atoms with Crippen molar-refractivity contribution in [3.8, 4) is 0 Å². The second-order valence-corrected chi connectivity index (χ2v) is 5.00. The minimum absolute atomic E-state index is 0.504. The third-order valence-corrected chi connectivity index (χ3v) is 3.05. The predicted octanol–water partition coefficient (Wildman–Crippen LogP) is 4.27. The van der Waals surface area contributed by atoms with E-state index in [4.69, 9.17) is 16.3 Å². The fraction of sp³-hybridized carbons (Fsp3) is 0.312. The number of hydrogen-bond donors (Lipinski definition) is 1. The number of halogens is 1. The van der Waals surface area contributed by atoms with Gasteiger partial charge in [0.25, 0.3) is 0 Å². The Labute approximate surface area is 124 Å². The van der Waals surface area contributed by atoms with E-state index in [0.717, 1.165) is 35.1 Å². The van der Waals surface area contributed by atoms with Crippen molar-refractivity contribution in [1.82, 2.24) is 4.98 Å². The van der Waals surface area contributed by atoms with Gasteiger partial charge in [-0.25, -0.2) is 4.98 Å². The summed E-state index contributed by atoms with van der Waals surface area (Å²) >= 11 is 5.84. The lowest BCUT2D eigenvalue weighted by Crippen LogP contribution is -2.04. The molecule has 0 aliphatic carbocycles. The minimum Gasteiger partial charge on any atom is -0.370 e. The molecule has 0 amide bonds. The molecule has 0 saturated heterocycles. The van der Waals surface area contributed by atoms with Gasteiger partial charge in [-0.1, -0.05) is 36.7 Å². The van der Waals surface area contributed by atoms with Crippen molar-refractivity contribution in [2.24, 2.45) is 0 Å². The number of ether oxygens (including phenoxy) is 1. The van der Waals surface area contributed by atoms with Crippen molar-refractivity contribution in [2.45, 2.75) is 26.6 Å². The monoisotopic (exact) mass is 290 g/mol. The quantitative estimate of drug-likeness (QED) is 0.827. The fourth-order valence-electron chi connectivity index (χ4n) is 1.77. The van der Waals surface area contributed by atoms with Crippen LogP contribution in [-0.2, 0) is 18.0 Å². The molecular formula is C16H19ClN2O. The number of nitrogens with one attached hydrogen (secondary N) is 1. The Bertz CT molecular complexity index is 528. The summed E-state index contributed by atoms with van der Waals surface area (Å²) in [7, 11) is 0. The lowest BCUT2D eigenvalue weighted by atomic mass is 10.2. The Morgan fingerprint density at radius 1 is 1.10 bits per heavy atom. The Hall–Kier alpha value is -1.58. The standard InChI is InChI=1S/C16H19ClN2O/c1-2-10-18-16-5-3-4-15(19-16)12-20-11-13-6-8-14(17)9-7-13/h3-9H,2,10-12H2,1H3,(H,18,19). The van der Waals surface area contributed by atoms with Gasteiger partial charge in [0, 0.05) is 11.6 Å². The number of benzene rings is 1. The average Bonchev–Trinajstić information content (AvgIpc) is 2.48. The van der Waals surface area contributed by atoms with Gasteiger partial charge in [-0.05, 0) is 36.2 Å². The Morgan fingerprint density at radius 3 is 2.65 bits per heavy atom. The smallest absolute Gasteiger partial charge is 0.126 e. The largest absolute Gasteiger partial charge is 0.370 e. The molecule has 1 heterocycles. The Kier molecular flexibility index (Phi) is 5.84. The molecule has 0 aliphatic rings. The van der Waals surface area contributed by atoms with E-state index >= 15 is 0 Å². The Morgan fingerprint density at radius 2 is 1.90 bits per heavy atom. The van der Waals surface area contributed by atoms with Crippen LogP contribution in [0.4, 0.5) is 5.82 Å². The zero-order valence-corrected chi connectivity index (χ0v) is 12.4. The molecule has 1 aromatic carbocycles. The lowest BCUT2D eigenvalue weighted by molar-refractivity contribution is 0.104. The summed E-state index contributed by atoms with van der Waals surface area (Å²) in [6.07, 6.45) is 1.08. The summed E-state index contributed by atoms with van der Waals surface area (Å²) < 4.78 is 5.67. The van der Waals surface area contributed by atoms with E-state index in [0.29, 0.717) is 13.2 Å². The van der Waals surface area contributed by atoms with Gasteiger partial charge >= 0.3 is 0 Å². The van der Waals surface area contributed by atoms with Crippen molar-refractivity contribution in [3.63, 3.8) is 0 Å². The van der Waals surface area contributed by atoms with Crippen molar-refractivity contribution in [1.29, 1.82) is 0 Å². The van der Waals surface area contributed by atoms with Crippen LogP contribution in [0.3, 0.4) is 0 Å². The fourth-order valence-corrected chi connectivity index (χ4v) is 1.89. The summed E-state index contributed by atoms with van der Waals surface area (Å²) in [5.74, 6) is 0.902. The molecule has 2 aromatic rings. The summed E-state index contributed by atoms with van der Waals surface area (Å²) in [4.78, 5) is 4.50. The predicted molar refractivity (Wildman–Crippen MR) is 83.0 cm³/mol. The average molecular weight is 291 g/mol. The van der Waals surface area contributed by atoms with Crippen LogP contribution in [0.2, 0.25) is 5.02 Å². The van der Waals surface area contributed by atoms with Crippen LogP contribution in [0.25, 0.3) is 0 Å². The molecule has 3 nitrogen and oxygen atoms in total. The molecule has 20 heavy (non-hydrogen) atoms. The molecule has 0 spiro atoms. The number of hydrogen-bond acceptors (Lipinski definition) is 3. The molecule has 1 N–H and O–H groups in total. The minimum atomic E-state index is 0.504. The summed E-state index contributed by atoms with van der Waals surface area (Å²) in [5, 5.41) is 4.01. The zero-order valence-electron chi connectivity index (χ0n) is 11.6. The molecule has 0 atom stereocenters. The first-order valence-electron chi connectivity index (χ1n) is 6.80. The van der Waals surface area contributed by atoms with Crippen molar-refractivity contribution in [3.05, 3.63) is 58.7 Å². The molecule has 2 rings (SSSR count). The van der Waals surface area contributed by atoms with E-state index in [1.165, 1.54) is 0 Å². The first-order chi connectivity index (χ1) is 9.78. The first kappa shape index (κ1) is 14.8. The maximum atomic E-state index is 5.84. The van der Waals surface area contributed by atoms with Crippen LogP contribution in [0.1, 0.15) is 24.6 Å². The van der Waals surface area contributed by atoms with Crippen molar-refractivity contribution < 1.29 is 4.74 Å². The topological polar surface area (TPSA) is 34.1 Å². The van der Waals surface area contributed by atoms with Gasteiger partial charge in [0.05, 0.1) is 18.9 Å². The number of anilines is 1. The summed E-state index contributed by atoms with van der Waals surface area (Å²) in [5.41, 5.74) is 2.04. The van der Waals surface area contributed by atoms with E-state index in [1.54, 1.807) is 0 Å². The van der Waals surface area contributed by atoms with Crippen LogP contribution in [0.5, 0.6) is 0 Å². The van der Waals surface area contributed by atoms with Crippen LogP contribution in [0.15, 0.2) is 42.5 Å². The third-order valence-electron chi connectivity index (χ3n) is 2.79. The van der Waals surface area contributed by atoms with Crippen molar-refractivity contribution in [2.75, 3.05) is 11.9 Å². The number of pyridine rings is 1. The van der Waals surface area contributed by atoms with Gasteiger partial charge in [-0.15, -0.1) is 0 Å². The van der Waals surface area contributed by atoms with E-state index in [2.05, 4.69) is 17.2 Å². The molecule has 4 heteroatoms. The molecule has 1 aromatic heterocycles. The highest BCUT2D eigenvalue weighted by Crippen LogP contribution is 2.11. The summed E-state index contributed by atoms with van der Waals surface area (Å²) in [6.45, 7) is 4.13. The van der Waals surface area contributed by atoms with Gasteiger partial charge < -0.3 is 10.1 Å². The highest BCUT2D eigenvalue weighted by Gasteiger charge is 1.99. The van der Waals surface area contributed by atoms with E-state index in [-0.39, 0.29) is 0 Å². The summed E-state index contributed by atoms with van der Waals surface area (Å²) in [6, 6.07) is 13.6. The van der Waals surface area contributed by atoms with Crippen LogP contribution in [-0.4, -0.2) is 11.5 Å². The second-order valence-electron chi connectivity index (χ2n) is 4.56. The highest BCUT2D eigenvalue weighted by atomic mass is 35.5. The van der Waals surface area contributed by atoms with E-state index in [1.807, 2.05) is 42.5 Å². The molecule has 0 radical (unpaired) electrons. The molecule has 106 valence electrons. The number of rotatable bonds is 7. The second kappa shape index (κ2) is 7.88. The van der Waals surface area contributed by atoms with Gasteiger partial charge in [0.15, 0.2) is 0 Å². The molecule has 0 aliphatic heterocycles. The SMILES string of the molecule is CCCNc1cccc(COCc2ccc(Cl)cc2)n1. The van der Waals surface area contributed by atoms with Crippen LogP contribution >= 0.6 is 11.6 Å². The van der Waals surface area contributed by atoms with E-state index < -0.39 is 0 Å². The van der Waals surface area contributed by atoms with Gasteiger partial charge in [-0.3, -0.25) is 0 Å². The molecule has 0 saturated carbocycles. The highest BCUT2D eigenvalue weighted by molar-refractivity contribution is 6.30. The van der Waals surface area contributed by atoms with Gasteiger partial charge in [0.1, 0.15) is 5.82 Å². The molecule has 0 unspecified atom stereocenters.